The second kappa shape index (κ2) is 8.40. The smallest absolute Gasteiger partial charge is 0.123 e. The van der Waals surface area contributed by atoms with Crippen molar-refractivity contribution < 1.29 is 4.74 Å². The summed E-state index contributed by atoms with van der Waals surface area (Å²) in [5.41, 5.74) is 2.51. The molecule has 1 aromatic rings. The maximum atomic E-state index is 5.51. The van der Waals surface area contributed by atoms with Gasteiger partial charge in [0.2, 0.25) is 0 Å². The Labute approximate surface area is 130 Å². The van der Waals surface area contributed by atoms with Crippen LogP contribution in [0.15, 0.2) is 18.2 Å². The van der Waals surface area contributed by atoms with E-state index in [1.54, 1.807) is 7.11 Å². The molecule has 0 aromatic heterocycles. The van der Waals surface area contributed by atoms with Crippen molar-refractivity contribution in [2.45, 2.75) is 46.2 Å². The number of hydrogen-bond donors (Lipinski definition) is 1. The zero-order valence-corrected chi connectivity index (χ0v) is 14.7. The van der Waals surface area contributed by atoms with E-state index in [1.165, 1.54) is 17.5 Å². The molecule has 0 bridgehead atoms. The normalized spacial score (nSPS) is 14.5. The fourth-order valence-corrected chi connectivity index (χ4v) is 2.84. The summed E-state index contributed by atoms with van der Waals surface area (Å²) in [6, 6.07) is 7.15. The molecule has 0 saturated heterocycles. The Morgan fingerprint density at radius 2 is 1.86 bits per heavy atom. The maximum Gasteiger partial charge on any atom is 0.123 e. The van der Waals surface area contributed by atoms with Crippen molar-refractivity contribution in [3.8, 4) is 5.75 Å². The van der Waals surface area contributed by atoms with E-state index in [9.17, 15) is 0 Å². The summed E-state index contributed by atoms with van der Waals surface area (Å²) >= 11 is 0. The average Bonchev–Trinajstić information content (AvgIpc) is 2.36. The molecule has 2 atom stereocenters. The third-order valence-corrected chi connectivity index (χ3v) is 3.68. The molecule has 0 amide bonds. The van der Waals surface area contributed by atoms with Gasteiger partial charge in [-0.05, 0) is 46.3 Å². The summed E-state index contributed by atoms with van der Waals surface area (Å²) in [6.07, 6.45) is 1.18. The van der Waals surface area contributed by atoms with Gasteiger partial charge in [-0.3, -0.25) is 0 Å². The van der Waals surface area contributed by atoms with Crippen LogP contribution in [0.1, 0.15) is 44.4 Å². The quantitative estimate of drug-likeness (QED) is 0.792. The van der Waals surface area contributed by atoms with Gasteiger partial charge in [0.15, 0.2) is 0 Å². The zero-order chi connectivity index (χ0) is 16.0. The summed E-state index contributed by atoms with van der Waals surface area (Å²) in [4.78, 5) is 2.25. The van der Waals surface area contributed by atoms with Crippen molar-refractivity contribution >= 4 is 0 Å². The number of rotatable bonds is 8. The Balaban J connectivity index is 2.85. The minimum Gasteiger partial charge on any atom is -0.496 e. The lowest BCUT2D eigenvalue weighted by molar-refractivity contribution is 0.288. The number of hydrogen-bond acceptors (Lipinski definition) is 3. The second-order valence-corrected chi connectivity index (χ2v) is 6.72. The number of likely N-dealkylation sites (N-methyl/N-ethyl adjacent to an activating group) is 1. The van der Waals surface area contributed by atoms with Crippen molar-refractivity contribution in [3.63, 3.8) is 0 Å². The average molecular weight is 292 g/mol. The Morgan fingerprint density at radius 3 is 2.38 bits per heavy atom. The van der Waals surface area contributed by atoms with Gasteiger partial charge >= 0.3 is 0 Å². The zero-order valence-electron chi connectivity index (χ0n) is 14.7. The van der Waals surface area contributed by atoms with Crippen LogP contribution in [0.2, 0.25) is 0 Å². The first-order valence-corrected chi connectivity index (χ1v) is 7.88. The number of benzene rings is 1. The standard InChI is InChI=1S/C18H32N2O/c1-13(2)10-16(12-20(5)6)19-15(4)17-11-14(3)8-9-18(17)21-7/h8-9,11,13,15-16,19H,10,12H2,1-7H3. The van der Waals surface area contributed by atoms with Crippen LogP contribution in [-0.4, -0.2) is 38.7 Å². The number of aryl methyl sites for hydroxylation is 1. The van der Waals surface area contributed by atoms with Crippen LogP contribution >= 0.6 is 0 Å². The first-order chi connectivity index (χ1) is 9.83. The topological polar surface area (TPSA) is 24.5 Å². The lowest BCUT2D eigenvalue weighted by Crippen LogP contribution is -2.40. The summed E-state index contributed by atoms with van der Waals surface area (Å²) in [7, 11) is 6.01. The molecule has 1 rings (SSSR count). The van der Waals surface area contributed by atoms with Gasteiger partial charge in [0.1, 0.15) is 5.75 Å². The minimum absolute atomic E-state index is 0.281. The molecule has 0 radical (unpaired) electrons. The van der Waals surface area contributed by atoms with Gasteiger partial charge in [0.05, 0.1) is 7.11 Å². The van der Waals surface area contributed by atoms with Crippen LogP contribution in [0.4, 0.5) is 0 Å². The van der Waals surface area contributed by atoms with Gasteiger partial charge in [0, 0.05) is 24.2 Å². The van der Waals surface area contributed by atoms with E-state index in [2.05, 4.69) is 70.2 Å². The van der Waals surface area contributed by atoms with E-state index in [0.717, 1.165) is 12.3 Å². The van der Waals surface area contributed by atoms with E-state index in [4.69, 9.17) is 4.74 Å². The van der Waals surface area contributed by atoms with Crippen molar-refractivity contribution in [3.05, 3.63) is 29.3 Å². The van der Waals surface area contributed by atoms with Crippen molar-refractivity contribution in [1.29, 1.82) is 0 Å². The van der Waals surface area contributed by atoms with Crippen molar-refractivity contribution in [2.75, 3.05) is 27.7 Å². The van der Waals surface area contributed by atoms with Crippen LogP contribution in [-0.2, 0) is 0 Å². The fraction of sp³-hybridized carbons (Fsp3) is 0.667. The predicted molar refractivity (Wildman–Crippen MR) is 91.1 cm³/mol. The molecule has 0 aliphatic carbocycles. The highest BCUT2D eigenvalue weighted by molar-refractivity contribution is 5.38. The van der Waals surface area contributed by atoms with Crippen LogP contribution in [0.5, 0.6) is 5.75 Å². The summed E-state index contributed by atoms with van der Waals surface area (Å²) in [5.74, 6) is 1.66. The second-order valence-electron chi connectivity index (χ2n) is 6.72. The van der Waals surface area contributed by atoms with E-state index in [0.29, 0.717) is 12.0 Å². The number of nitrogens with one attached hydrogen (secondary N) is 1. The number of methoxy groups -OCH3 is 1. The fourth-order valence-electron chi connectivity index (χ4n) is 2.84. The van der Waals surface area contributed by atoms with Gasteiger partial charge in [-0.1, -0.05) is 31.5 Å². The molecule has 0 heterocycles. The van der Waals surface area contributed by atoms with Crippen molar-refractivity contribution in [1.82, 2.24) is 10.2 Å². The van der Waals surface area contributed by atoms with E-state index < -0.39 is 0 Å². The van der Waals surface area contributed by atoms with E-state index in [1.807, 2.05) is 0 Å². The highest BCUT2D eigenvalue weighted by Crippen LogP contribution is 2.26. The molecule has 0 saturated carbocycles. The maximum absolute atomic E-state index is 5.51. The summed E-state index contributed by atoms with van der Waals surface area (Å²) in [5, 5.41) is 3.78. The minimum atomic E-state index is 0.281. The molecule has 120 valence electrons. The molecule has 0 spiro atoms. The number of nitrogens with zero attached hydrogens (tertiary/aromatic N) is 1. The Hall–Kier alpha value is -1.06. The van der Waals surface area contributed by atoms with Gasteiger partial charge < -0.3 is 15.0 Å². The molecular formula is C18H32N2O. The van der Waals surface area contributed by atoms with E-state index in [-0.39, 0.29) is 6.04 Å². The predicted octanol–water partition coefficient (Wildman–Crippen LogP) is 3.63. The lowest BCUT2D eigenvalue weighted by Gasteiger charge is -2.28. The molecule has 0 fully saturated rings. The van der Waals surface area contributed by atoms with Crippen LogP contribution in [0, 0.1) is 12.8 Å². The first kappa shape index (κ1) is 18.0. The number of ether oxygens (including phenoxy) is 1. The van der Waals surface area contributed by atoms with Crippen LogP contribution in [0.3, 0.4) is 0 Å². The Kier molecular flexibility index (Phi) is 7.20. The third kappa shape index (κ3) is 6.06. The SMILES string of the molecule is COc1ccc(C)cc1C(C)NC(CC(C)C)CN(C)C. The molecule has 0 aliphatic rings. The molecule has 3 nitrogen and oxygen atoms in total. The summed E-state index contributed by atoms with van der Waals surface area (Å²) in [6.45, 7) is 9.96. The largest absolute Gasteiger partial charge is 0.496 e. The van der Waals surface area contributed by atoms with Gasteiger partial charge in [0.25, 0.3) is 0 Å². The third-order valence-electron chi connectivity index (χ3n) is 3.68. The molecule has 0 aliphatic heterocycles. The molecule has 3 heteroatoms. The van der Waals surface area contributed by atoms with Crippen LogP contribution in [0.25, 0.3) is 0 Å². The Bertz CT molecular complexity index is 419. The highest BCUT2D eigenvalue weighted by Gasteiger charge is 2.18. The molecule has 2 unspecified atom stereocenters. The van der Waals surface area contributed by atoms with E-state index >= 15 is 0 Å². The molecule has 1 aromatic carbocycles. The summed E-state index contributed by atoms with van der Waals surface area (Å²) < 4.78 is 5.51. The van der Waals surface area contributed by atoms with Gasteiger partial charge in [-0.15, -0.1) is 0 Å². The monoisotopic (exact) mass is 292 g/mol. The Morgan fingerprint density at radius 1 is 1.19 bits per heavy atom. The molecular weight excluding hydrogens is 260 g/mol. The van der Waals surface area contributed by atoms with Gasteiger partial charge in [-0.25, -0.2) is 0 Å². The van der Waals surface area contributed by atoms with Crippen LogP contribution < -0.4 is 10.1 Å². The highest BCUT2D eigenvalue weighted by atomic mass is 16.5. The first-order valence-electron chi connectivity index (χ1n) is 7.88. The van der Waals surface area contributed by atoms with Crippen molar-refractivity contribution in [2.24, 2.45) is 5.92 Å². The molecule has 1 N–H and O–H groups in total. The molecule has 21 heavy (non-hydrogen) atoms. The van der Waals surface area contributed by atoms with Gasteiger partial charge in [-0.2, -0.15) is 0 Å². The lowest BCUT2D eigenvalue weighted by atomic mass is 9.99.